The monoisotopic (exact) mass is 353 g/mol. The molecule has 0 amide bonds. The fraction of sp³-hybridized carbons (Fsp3) is 0.316. The van der Waals surface area contributed by atoms with Crippen molar-refractivity contribution in [2.45, 2.75) is 0 Å². The van der Waals surface area contributed by atoms with Gasteiger partial charge in [0.25, 0.3) is 0 Å². The van der Waals surface area contributed by atoms with E-state index in [0.717, 1.165) is 17.8 Å². The minimum atomic E-state index is -0.288. The lowest BCUT2D eigenvalue weighted by Crippen LogP contribution is -2.38. The predicted octanol–water partition coefficient (Wildman–Crippen LogP) is 0.734. The molecule has 1 aliphatic carbocycles. The Morgan fingerprint density at radius 2 is 1.69 bits per heavy atom. The second-order valence-electron chi connectivity index (χ2n) is 6.31. The highest BCUT2D eigenvalue weighted by molar-refractivity contribution is 6.28. The molecule has 0 spiro atoms. The highest BCUT2D eigenvalue weighted by Gasteiger charge is 2.31. The van der Waals surface area contributed by atoms with E-state index in [1.54, 1.807) is 24.3 Å². The summed E-state index contributed by atoms with van der Waals surface area (Å²) in [6.45, 7) is 4.19. The molecular formula is C19H19N3O4. The zero-order valence-corrected chi connectivity index (χ0v) is 14.2. The van der Waals surface area contributed by atoms with Crippen molar-refractivity contribution >= 4 is 11.6 Å². The molecule has 2 aliphatic rings. The first-order valence-corrected chi connectivity index (χ1v) is 8.61. The summed E-state index contributed by atoms with van der Waals surface area (Å²) in [6, 6.07) is 8.20. The van der Waals surface area contributed by atoms with E-state index in [1.807, 2.05) is 0 Å². The van der Waals surface area contributed by atoms with Crippen LogP contribution in [0, 0.1) is 0 Å². The lowest BCUT2D eigenvalue weighted by molar-refractivity contribution is 0.0392. The second-order valence-corrected chi connectivity index (χ2v) is 6.31. The van der Waals surface area contributed by atoms with Crippen LogP contribution in [-0.2, 0) is 4.74 Å². The molecule has 0 bridgehead atoms. The number of morpholine rings is 1. The second kappa shape index (κ2) is 6.86. The molecule has 26 heavy (non-hydrogen) atoms. The van der Waals surface area contributed by atoms with Gasteiger partial charge in [0.2, 0.25) is 0 Å². The van der Waals surface area contributed by atoms with Gasteiger partial charge in [-0.3, -0.25) is 19.5 Å². The molecule has 1 fully saturated rings. The van der Waals surface area contributed by atoms with Gasteiger partial charge in [0.1, 0.15) is 0 Å². The molecule has 7 heteroatoms. The molecule has 0 saturated carbocycles. The van der Waals surface area contributed by atoms with Crippen molar-refractivity contribution in [1.29, 1.82) is 0 Å². The largest absolute Gasteiger partial charge is 0.427 e. The minimum Gasteiger partial charge on any atom is -0.427 e. The summed E-state index contributed by atoms with van der Waals surface area (Å²) in [7, 11) is 0. The van der Waals surface area contributed by atoms with Crippen LogP contribution in [0.1, 0.15) is 31.8 Å². The number of aromatic nitrogens is 1. The van der Waals surface area contributed by atoms with Crippen molar-refractivity contribution in [3.8, 4) is 0 Å². The Morgan fingerprint density at radius 3 is 2.42 bits per heavy atom. The molecule has 2 heterocycles. The van der Waals surface area contributed by atoms with E-state index in [2.05, 4.69) is 9.89 Å². The van der Waals surface area contributed by atoms with E-state index in [4.69, 9.17) is 4.74 Å². The van der Waals surface area contributed by atoms with Crippen molar-refractivity contribution in [3.63, 3.8) is 0 Å². The number of nitrogens with zero attached hydrogens (tertiary/aromatic N) is 3. The highest BCUT2D eigenvalue weighted by Crippen LogP contribution is 2.24. The third kappa shape index (κ3) is 2.85. The number of ketones is 2. The first-order chi connectivity index (χ1) is 12.7. The fourth-order valence-corrected chi connectivity index (χ4v) is 3.38. The molecule has 1 aromatic carbocycles. The number of fused-ring (bicyclic) bond motifs is 2. The van der Waals surface area contributed by atoms with Crippen LogP contribution in [0.2, 0.25) is 0 Å². The first-order valence-electron chi connectivity index (χ1n) is 8.61. The van der Waals surface area contributed by atoms with E-state index in [9.17, 15) is 14.8 Å². The standard InChI is InChI=1S/C19H19N3O4/c23-17-13-3-1-2-4-14(13)18(24)16-15(17)5-7-22(25)19(16)20-6-8-21-9-11-26-12-10-21/h1-5,7,25H,6,8-12H2. The molecule has 1 aromatic heterocycles. The summed E-state index contributed by atoms with van der Waals surface area (Å²) in [6.07, 6.45) is 1.35. The summed E-state index contributed by atoms with van der Waals surface area (Å²) in [5.74, 6) is -0.510. The average molecular weight is 353 g/mol. The summed E-state index contributed by atoms with van der Waals surface area (Å²) in [5.41, 5.74) is 1.31. The van der Waals surface area contributed by atoms with E-state index in [1.165, 1.54) is 12.3 Å². The normalized spacial score (nSPS) is 17.9. The maximum Gasteiger partial charge on any atom is 0.198 e. The molecule has 0 atom stereocenters. The molecule has 1 saturated heterocycles. The lowest BCUT2D eigenvalue weighted by Gasteiger charge is -2.25. The smallest absolute Gasteiger partial charge is 0.198 e. The van der Waals surface area contributed by atoms with E-state index < -0.39 is 0 Å². The SMILES string of the molecule is O=C1c2ccccc2C(=O)c2c1ccn(O)c2=NCCN1CCOCC1. The van der Waals surface area contributed by atoms with Gasteiger partial charge < -0.3 is 9.94 Å². The van der Waals surface area contributed by atoms with Crippen LogP contribution in [-0.4, -0.2) is 65.8 Å². The number of carbonyl (C=O) groups is 2. The summed E-state index contributed by atoms with van der Waals surface area (Å²) in [4.78, 5) is 32.3. The van der Waals surface area contributed by atoms with Crippen LogP contribution in [0.25, 0.3) is 0 Å². The Morgan fingerprint density at radius 1 is 1.00 bits per heavy atom. The number of rotatable bonds is 3. The van der Waals surface area contributed by atoms with Gasteiger partial charge in [-0.15, -0.1) is 0 Å². The molecule has 1 N–H and O–H groups in total. The summed E-state index contributed by atoms with van der Waals surface area (Å²) < 4.78 is 6.14. The number of carbonyl (C=O) groups excluding carboxylic acids is 2. The summed E-state index contributed by atoms with van der Waals surface area (Å²) >= 11 is 0. The van der Waals surface area contributed by atoms with Crippen LogP contribution in [0.15, 0.2) is 41.5 Å². The highest BCUT2D eigenvalue weighted by atomic mass is 16.5. The number of ether oxygens (including phenoxy) is 1. The van der Waals surface area contributed by atoms with E-state index >= 15 is 0 Å². The zero-order valence-electron chi connectivity index (χ0n) is 14.2. The van der Waals surface area contributed by atoms with Gasteiger partial charge in [0.05, 0.1) is 25.3 Å². The Kier molecular flexibility index (Phi) is 4.40. The molecular weight excluding hydrogens is 334 g/mol. The van der Waals surface area contributed by atoms with Crippen LogP contribution in [0.4, 0.5) is 0 Å². The number of hydrogen-bond donors (Lipinski definition) is 1. The molecule has 134 valence electrons. The number of hydrogen-bond acceptors (Lipinski definition) is 6. The molecule has 4 rings (SSSR count). The van der Waals surface area contributed by atoms with Gasteiger partial charge in [-0.25, -0.2) is 0 Å². The van der Waals surface area contributed by atoms with E-state index in [-0.39, 0.29) is 28.2 Å². The number of pyridine rings is 1. The van der Waals surface area contributed by atoms with Crippen molar-refractivity contribution in [2.75, 3.05) is 39.4 Å². The van der Waals surface area contributed by atoms with Gasteiger partial charge in [0.15, 0.2) is 17.1 Å². The first kappa shape index (κ1) is 16.7. The molecule has 7 nitrogen and oxygen atoms in total. The number of benzene rings is 1. The van der Waals surface area contributed by atoms with Gasteiger partial charge >= 0.3 is 0 Å². The van der Waals surface area contributed by atoms with Crippen molar-refractivity contribution in [2.24, 2.45) is 4.99 Å². The quantitative estimate of drug-likeness (QED) is 0.702. The van der Waals surface area contributed by atoms with Crippen LogP contribution in [0.5, 0.6) is 0 Å². The Labute approximate surface area is 150 Å². The fourth-order valence-electron chi connectivity index (χ4n) is 3.38. The van der Waals surface area contributed by atoms with E-state index in [0.29, 0.717) is 37.4 Å². The third-order valence-electron chi connectivity index (χ3n) is 4.76. The Hall–Kier alpha value is -2.77. The topological polar surface area (TPSA) is 84.1 Å². The Bertz CT molecular complexity index is 942. The maximum atomic E-state index is 12.9. The van der Waals surface area contributed by atoms with Crippen LogP contribution in [0.3, 0.4) is 0 Å². The summed E-state index contributed by atoms with van der Waals surface area (Å²) in [5, 5.41) is 10.2. The zero-order chi connectivity index (χ0) is 18.1. The van der Waals surface area contributed by atoms with Gasteiger partial charge in [0, 0.05) is 42.5 Å². The molecule has 0 radical (unpaired) electrons. The predicted molar refractivity (Wildman–Crippen MR) is 92.6 cm³/mol. The lowest BCUT2D eigenvalue weighted by atomic mass is 9.85. The Balaban J connectivity index is 1.71. The van der Waals surface area contributed by atoms with Gasteiger partial charge in [-0.2, -0.15) is 4.73 Å². The molecule has 1 aliphatic heterocycles. The van der Waals surface area contributed by atoms with Crippen molar-refractivity contribution < 1.29 is 19.5 Å². The third-order valence-corrected chi connectivity index (χ3v) is 4.76. The van der Waals surface area contributed by atoms with Crippen LogP contribution < -0.4 is 5.49 Å². The van der Waals surface area contributed by atoms with Crippen LogP contribution >= 0.6 is 0 Å². The maximum absolute atomic E-state index is 12.9. The van der Waals surface area contributed by atoms with Gasteiger partial charge in [-0.1, -0.05) is 24.3 Å². The van der Waals surface area contributed by atoms with Crippen molar-refractivity contribution in [1.82, 2.24) is 9.63 Å². The average Bonchev–Trinajstić information content (AvgIpc) is 2.68. The molecule has 0 unspecified atom stereocenters. The minimum absolute atomic E-state index is 0.128. The van der Waals surface area contributed by atoms with Gasteiger partial charge in [-0.05, 0) is 6.07 Å². The molecule has 2 aromatic rings. The van der Waals surface area contributed by atoms with Crippen molar-refractivity contribution in [3.05, 3.63) is 64.3 Å².